The van der Waals surface area contributed by atoms with E-state index in [-0.39, 0.29) is 0 Å². The van der Waals surface area contributed by atoms with Crippen molar-refractivity contribution in [3.63, 3.8) is 0 Å². The molecule has 0 unspecified atom stereocenters. The van der Waals surface area contributed by atoms with Crippen LogP contribution in [-0.2, 0) is 0 Å². The number of hydrogen-bond donors (Lipinski definition) is 1. The van der Waals surface area contributed by atoms with Crippen molar-refractivity contribution in [1.82, 2.24) is 4.98 Å². The van der Waals surface area contributed by atoms with E-state index < -0.39 is 0 Å². The number of benzene rings is 1. The Bertz CT molecular complexity index is 634. The van der Waals surface area contributed by atoms with Crippen LogP contribution in [0.4, 0.5) is 0 Å². The summed E-state index contributed by atoms with van der Waals surface area (Å²) in [5.41, 5.74) is 1.82. The highest BCUT2D eigenvalue weighted by Gasteiger charge is 2.12. The summed E-state index contributed by atoms with van der Waals surface area (Å²) in [7, 11) is 0. The van der Waals surface area contributed by atoms with E-state index in [4.69, 9.17) is 0 Å². The lowest BCUT2D eigenvalue weighted by Gasteiger charge is -1.92. The topological polar surface area (TPSA) is 33.1 Å². The third-order valence-electron chi connectivity index (χ3n) is 2.48. The Kier molecular flexibility index (Phi) is 2.19. The van der Waals surface area contributed by atoms with Crippen LogP contribution in [0.15, 0.2) is 29.6 Å². The molecule has 0 spiro atoms. The van der Waals surface area contributed by atoms with Crippen LogP contribution in [0.2, 0.25) is 0 Å². The van der Waals surface area contributed by atoms with E-state index in [0.29, 0.717) is 10.8 Å². The Morgan fingerprint density at radius 1 is 1.25 bits per heavy atom. The van der Waals surface area contributed by atoms with Crippen molar-refractivity contribution in [2.24, 2.45) is 0 Å². The number of rotatable bonds is 1. The standard InChI is InChI=1S/C12H9NOS2/c1-7-12(14)16-11(13-7)9-6-15-10-5-3-2-4-8(9)10/h2-6,14H,1H3. The molecule has 2 heterocycles. The predicted molar refractivity (Wildman–Crippen MR) is 69.3 cm³/mol. The third-order valence-corrected chi connectivity index (χ3v) is 4.44. The fourth-order valence-electron chi connectivity index (χ4n) is 1.65. The minimum atomic E-state index is 0.310. The number of aromatic hydroxyl groups is 1. The molecule has 80 valence electrons. The van der Waals surface area contributed by atoms with Crippen LogP contribution in [0.1, 0.15) is 5.69 Å². The average Bonchev–Trinajstić information content (AvgIpc) is 2.83. The highest BCUT2D eigenvalue weighted by atomic mass is 32.1. The number of thiazole rings is 1. The number of thiophene rings is 1. The van der Waals surface area contributed by atoms with Gasteiger partial charge in [-0.2, -0.15) is 0 Å². The number of hydrogen-bond acceptors (Lipinski definition) is 4. The van der Waals surface area contributed by atoms with Crippen molar-refractivity contribution >= 4 is 32.8 Å². The predicted octanol–water partition coefficient (Wildman–Crippen LogP) is 4.04. The molecule has 0 saturated heterocycles. The molecular formula is C12H9NOS2. The second kappa shape index (κ2) is 3.57. The van der Waals surface area contributed by atoms with Crippen LogP contribution in [0.3, 0.4) is 0 Å². The molecule has 0 aliphatic heterocycles. The van der Waals surface area contributed by atoms with Gasteiger partial charge in [-0.1, -0.05) is 29.5 Å². The van der Waals surface area contributed by atoms with Crippen molar-refractivity contribution in [2.75, 3.05) is 0 Å². The van der Waals surface area contributed by atoms with Gasteiger partial charge in [0.15, 0.2) is 5.06 Å². The second-order valence-electron chi connectivity index (χ2n) is 3.56. The molecule has 0 radical (unpaired) electrons. The smallest absolute Gasteiger partial charge is 0.195 e. The van der Waals surface area contributed by atoms with Crippen molar-refractivity contribution in [3.05, 3.63) is 35.3 Å². The van der Waals surface area contributed by atoms with Crippen LogP contribution in [0, 0.1) is 6.92 Å². The number of fused-ring (bicyclic) bond motifs is 1. The van der Waals surface area contributed by atoms with Gasteiger partial charge < -0.3 is 5.11 Å². The minimum Gasteiger partial charge on any atom is -0.498 e. The zero-order valence-corrected chi connectivity index (χ0v) is 10.2. The first-order chi connectivity index (χ1) is 7.75. The summed E-state index contributed by atoms with van der Waals surface area (Å²) < 4.78 is 1.25. The Morgan fingerprint density at radius 3 is 2.81 bits per heavy atom. The number of nitrogens with zero attached hydrogens (tertiary/aromatic N) is 1. The fourth-order valence-corrected chi connectivity index (χ4v) is 3.51. The van der Waals surface area contributed by atoms with Crippen LogP contribution < -0.4 is 0 Å². The molecule has 0 amide bonds. The number of aromatic nitrogens is 1. The van der Waals surface area contributed by atoms with Gasteiger partial charge in [-0.25, -0.2) is 4.98 Å². The summed E-state index contributed by atoms with van der Waals surface area (Å²) in [4.78, 5) is 4.38. The molecule has 0 bridgehead atoms. The summed E-state index contributed by atoms with van der Waals surface area (Å²) in [6.07, 6.45) is 0. The Morgan fingerprint density at radius 2 is 2.06 bits per heavy atom. The average molecular weight is 247 g/mol. The van der Waals surface area contributed by atoms with Gasteiger partial charge in [-0.15, -0.1) is 11.3 Å². The molecule has 2 nitrogen and oxygen atoms in total. The first-order valence-electron chi connectivity index (χ1n) is 4.88. The molecule has 3 aromatic rings. The lowest BCUT2D eigenvalue weighted by Crippen LogP contribution is -1.74. The van der Waals surface area contributed by atoms with Gasteiger partial charge in [0, 0.05) is 21.0 Å². The molecule has 0 fully saturated rings. The highest BCUT2D eigenvalue weighted by molar-refractivity contribution is 7.19. The molecule has 0 aliphatic carbocycles. The van der Waals surface area contributed by atoms with Gasteiger partial charge in [0.25, 0.3) is 0 Å². The molecule has 0 saturated carbocycles. The van der Waals surface area contributed by atoms with Gasteiger partial charge in [0.05, 0.1) is 5.69 Å². The zero-order valence-electron chi connectivity index (χ0n) is 8.60. The van der Waals surface area contributed by atoms with Crippen LogP contribution in [0.5, 0.6) is 5.06 Å². The van der Waals surface area contributed by atoms with Crippen LogP contribution >= 0.6 is 22.7 Å². The van der Waals surface area contributed by atoms with Gasteiger partial charge >= 0.3 is 0 Å². The van der Waals surface area contributed by atoms with E-state index in [1.807, 2.05) is 19.1 Å². The van der Waals surface area contributed by atoms with Gasteiger partial charge in [0.2, 0.25) is 0 Å². The normalized spacial score (nSPS) is 11.1. The molecule has 0 atom stereocenters. The quantitative estimate of drug-likeness (QED) is 0.704. The summed E-state index contributed by atoms with van der Waals surface area (Å²) in [5.74, 6) is 0. The molecule has 1 N–H and O–H groups in total. The van der Waals surface area contributed by atoms with E-state index in [2.05, 4.69) is 22.5 Å². The summed E-state index contributed by atoms with van der Waals surface area (Å²) in [6.45, 7) is 1.82. The largest absolute Gasteiger partial charge is 0.498 e. The van der Waals surface area contributed by atoms with Crippen LogP contribution in [0.25, 0.3) is 20.7 Å². The molecule has 2 aromatic heterocycles. The molecule has 3 rings (SSSR count). The van der Waals surface area contributed by atoms with E-state index in [9.17, 15) is 5.11 Å². The molecular weight excluding hydrogens is 238 g/mol. The van der Waals surface area contributed by atoms with Gasteiger partial charge in [-0.05, 0) is 13.0 Å². The van der Waals surface area contributed by atoms with E-state index in [1.165, 1.54) is 21.4 Å². The van der Waals surface area contributed by atoms with E-state index >= 15 is 0 Å². The SMILES string of the molecule is Cc1nc(-c2csc3ccccc23)sc1O. The molecule has 16 heavy (non-hydrogen) atoms. The van der Waals surface area contributed by atoms with Crippen molar-refractivity contribution in [3.8, 4) is 15.6 Å². The van der Waals surface area contributed by atoms with Gasteiger partial charge in [-0.3, -0.25) is 0 Å². The summed E-state index contributed by atoms with van der Waals surface area (Å²) in [5, 5.41) is 14.1. The Hall–Kier alpha value is -1.39. The van der Waals surface area contributed by atoms with Crippen molar-refractivity contribution < 1.29 is 5.11 Å². The highest BCUT2D eigenvalue weighted by Crippen LogP contribution is 2.38. The monoisotopic (exact) mass is 247 g/mol. The summed E-state index contributed by atoms with van der Waals surface area (Å²) >= 11 is 3.05. The van der Waals surface area contributed by atoms with Crippen molar-refractivity contribution in [2.45, 2.75) is 6.92 Å². The van der Waals surface area contributed by atoms with E-state index in [0.717, 1.165) is 10.6 Å². The summed E-state index contributed by atoms with van der Waals surface area (Å²) in [6, 6.07) is 8.25. The van der Waals surface area contributed by atoms with Gasteiger partial charge in [0.1, 0.15) is 5.01 Å². The Balaban J connectivity index is 2.26. The number of aryl methyl sites for hydroxylation is 1. The zero-order chi connectivity index (χ0) is 11.1. The third kappa shape index (κ3) is 1.42. The lowest BCUT2D eigenvalue weighted by molar-refractivity contribution is 0.485. The maximum Gasteiger partial charge on any atom is 0.195 e. The molecule has 1 aromatic carbocycles. The van der Waals surface area contributed by atoms with Crippen molar-refractivity contribution in [1.29, 1.82) is 0 Å². The van der Waals surface area contributed by atoms with E-state index in [1.54, 1.807) is 11.3 Å². The minimum absolute atomic E-state index is 0.310. The lowest BCUT2D eigenvalue weighted by atomic mass is 10.2. The maximum atomic E-state index is 9.57. The molecule has 0 aliphatic rings. The maximum absolute atomic E-state index is 9.57. The first kappa shape index (κ1) is 9.81. The fraction of sp³-hybridized carbons (Fsp3) is 0.0833. The first-order valence-corrected chi connectivity index (χ1v) is 6.58. The van der Waals surface area contributed by atoms with Crippen LogP contribution in [-0.4, -0.2) is 10.1 Å². The second-order valence-corrected chi connectivity index (χ2v) is 5.44. The molecule has 4 heteroatoms. The Labute approximate surface area is 101 Å².